The van der Waals surface area contributed by atoms with Crippen LogP contribution in [-0.2, 0) is 4.79 Å². The number of likely N-dealkylation sites (tertiary alicyclic amines) is 1. The molecule has 2 atom stereocenters. The van der Waals surface area contributed by atoms with Crippen molar-refractivity contribution >= 4 is 12.0 Å². The fraction of sp³-hybridized carbons (Fsp3) is 0.222. The van der Waals surface area contributed by atoms with Crippen molar-refractivity contribution in [2.24, 2.45) is 0 Å². The highest BCUT2D eigenvalue weighted by atomic mass is 16.5. The van der Waals surface area contributed by atoms with E-state index in [-0.39, 0.29) is 18.0 Å². The first-order chi connectivity index (χ1) is 15.2. The van der Waals surface area contributed by atoms with Crippen LogP contribution >= 0.6 is 0 Å². The molecule has 0 N–H and O–H groups in total. The van der Waals surface area contributed by atoms with Gasteiger partial charge in [-0.15, -0.1) is 0 Å². The molecule has 158 valence electrons. The molecule has 1 heterocycles. The average molecular weight is 414 g/mol. The third kappa shape index (κ3) is 4.48. The molecule has 0 spiro atoms. The Labute approximate surface area is 183 Å². The summed E-state index contributed by atoms with van der Waals surface area (Å²) >= 11 is 0. The van der Waals surface area contributed by atoms with Gasteiger partial charge >= 0.3 is 0 Å². The van der Waals surface area contributed by atoms with Gasteiger partial charge in [0, 0.05) is 6.08 Å². The summed E-state index contributed by atoms with van der Waals surface area (Å²) in [4.78, 5) is 15.5. The number of methoxy groups -OCH3 is 2. The summed E-state index contributed by atoms with van der Waals surface area (Å²) in [6, 6.07) is 26.3. The topological polar surface area (TPSA) is 38.8 Å². The van der Waals surface area contributed by atoms with E-state index < -0.39 is 0 Å². The highest BCUT2D eigenvalue weighted by Crippen LogP contribution is 2.44. The van der Waals surface area contributed by atoms with Crippen molar-refractivity contribution in [3.05, 3.63) is 102 Å². The second-order valence-corrected chi connectivity index (χ2v) is 7.62. The molecule has 1 saturated heterocycles. The Morgan fingerprint density at radius 2 is 1.35 bits per heavy atom. The standard InChI is InChI=1S/C27H27NO3/c1-30-25-17-13-20(19-26(25)31-2)14-18-27(29)28-23(21-9-5-3-6-10-21)15-16-24(28)22-11-7-4-8-12-22/h3-14,17-19,23-24H,15-16H2,1-2H3/b18-14+/t23-,24-/m0/s1. The molecule has 3 aromatic rings. The van der Waals surface area contributed by atoms with Crippen LogP contribution in [0.15, 0.2) is 84.9 Å². The second kappa shape index (κ2) is 9.52. The van der Waals surface area contributed by atoms with Crippen LogP contribution in [0, 0.1) is 0 Å². The van der Waals surface area contributed by atoms with Crippen molar-refractivity contribution in [2.45, 2.75) is 24.9 Å². The molecule has 0 radical (unpaired) electrons. The van der Waals surface area contributed by atoms with Gasteiger partial charge in [-0.05, 0) is 47.7 Å². The van der Waals surface area contributed by atoms with Crippen LogP contribution in [-0.4, -0.2) is 25.0 Å². The number of rotatable bonds is 6. The molecule has 1 amide bonds. The summed E-state index contributed by atoms with van der Waals surface area (Å²) in [6.07, 6.45) is 5.39. The number of carbonyl (C=O) groups excluding carboxylic acids is 1. The molecular weight excluding hydrogens is 386 g/mol. The maximum atomic E-state index is 13.4. The maximum absolute atomic E-state index is 13.4. The zero-order valence-electron chi connectivity index (χ0n) is 17.9. The molecule has 31 heavy (non-hydrogen) atoms. The summed E-state index contributed by atoms with van der Waals surface area (Å²) in [6.45, 7) is 0. The van der Waals surface area contributed by atoms with Crippen LogP contribution in [0.4, 0.5) is 0 Å². The predicted octanol–water partition coefficient (Wildman–Crippen LogP) is 5.82. The molecule has 0 aromatic heterocycles. The lowest BCUT2D eigenvalue weighted by Gasteiger charge is -2.30. The van der Waals surface area contributed by atoms with Crippen LogP contribution in [0.5, 0.6) is 11.5 Å². The van der Waals surface area contributed by atoms with Crippen LogP contribution in [0.1, 0.15) is 41.6 Å². The Morgan fingerprint density at radius 1 is 0.806 bits per heavy atom. The second-order valence-electron chi connectivity index (χ2n) is 7.62. The van der Waals surface area contributed by atoms with E-state index in [4.69, 9.17) is 9.47 Å². The first-order valence-electron chi connectivity index (χ1n) is 10.5. The van der Waals surface area contributed by atoms with E-state index >= 15 is 0 Å². The van der Waals surface area contributed by atoms with E-state index in [1.807, 2.05) is 65.6 Å². The molecule has 3 aromatic carbocycles. The van der Waals surface area contributed by atoms with E-state index in [1.165, 1.54) is 11.1 Å². The largest absolute Gasteiger partial charge is 0.493 e. The Bertz CT molecular complexity index is 999. The molecular formula is C27H27NO3. The SMILES string of the molecule is COc1ccc(/C=C/C(=O)N2[C@H](c3ccccc3)CC[C@H]2c2ccccc2)cc1OC. The van der Waals surface area contributed by atoms with Gasteiger partial charge in [0.2, 0.25) is 5.91 Å². The van der Waals surface area contributed by atoms with E-state index in [0.717, 1.165) is 18.4 Å². The van der Waals surface area contributed by atoms with E-state index in [9.17, 15) is 4.79 Å². The van der Waals surface area contributed by atoms with Crippen molar-refractivity contribution in [2.75, 3.05) is 14.2 Å². The molecule has 1 aliphatic rings. The highest BCUT2D eigenvalue weighted by molar-refractivity contribution is 5.92. The Balaban J connectivity index is 1.63. The van der Waals surface area contributed by atoms with E-state index in [0.29, 0.717) is 11.5 Å². The summed E-state index contributed by atoms with van der Waals surface area (Å²) < 4.78 is 10.7. The van der Waals surface area contributed by atoms with Crippen molar-refractivity contribution < 1.29 is 14.3 Å². The maximum Gasteiger partial charge on any atom is 0.247 e. The van der Waals surface area contributed by atoms with Gasteiger partial charge in [-0.25, -0.2) is 0 Å². The number of amides is 1. The minimum Gasteiger partial charge on any atom is -0.493 e. The number of nitrogens with zero attached hydrogens (tertiary/aromatic N) is 1. The summed E-state index contributed by atoms with van der Waals surface area (Å²) in [5.74, 6) is 1.32. The Morgan fingerprint density at radius 3 is 1.87 bits per heavy atom. The lowest BCUT2D eigenvalue weighted by molar-refractivity contribution is -0.129. The van der Waals surface area contributed by atoms with Crippen molar-refractivity contribution in [1.82, 2.24) is 4.90 Å². The number of ether oxygens (including phenoxy) is 2. The zero-order valence-corrected chi connectivity index (χ0v) is 17.9. The molecule has 0 unspecified atom stereocenters. The van der Waals surface area contributed by atoms with E-state index in [2.05, 4.69) is 24.3 Å². The fourth-order valence-electron chi connectivity index (χ4n) is 4.33. The van der Waals surface area contributed by atoms with Gasteiger partial charge in [0.05, 0.1) is 26.3 Å². The van der Waals surface area contributed by atoms with Crippen molar-refractivity contribution in [3.63, 3.8) is 0 Å². The van der Waals surface area contributed by atoms with Gasteiger partial charge in [-0.3, -0.25) is 4.79 Å². The van der Waals surface area contributed by atoms with Crippen molar-refractivity contribution in [3.8, 4) is 11.5 Å². The van der Waals surface area contributed by atoms with Gasteiger partial charge in [-0.2, -0.15) is 0 Å². The summed E-state index contributed by atoms with van der Waals surface area (Å²) in [7, 11) is 3.22. The third-order valence-electron chi connectivity index (χ3n) is 5.83. The number of hydrogen-bond acceptors (Lipinski definition) is 3. The normalized spacial score (nSPS) is 18.3. The first kappa shape index (κ1) is 20.7. The van der Waals surface area contributed by atoms with Gasteiger partial charge in [0.1, 0.15) is 0 Å². The molecule has 1 fully saturated rings. The smallest absolute Gasteiger partial charge is 0.247 e. The first-order valence-corrected chi connectivity index (χ1v) is 10.5. The molecule has 1 aliphatic heterocycles. The molecule has 0 aliphatic carbocycles. The van der Waals surface area contributed by atoms with Crippen LogP contribution in [0.25, 0.3) is 6.08 Å². The minimum absolute atomic E-state index is 0.00925. The fourth-order valence-corrected chi connectivity index (χ4v) is 4.33. The number of benzene rings is 3. The molecule has 4 rings (SSSR count). The van der Waals surface area contributed by atoms with Crippen molar-refractivity contribution in [1.29, 1.82) is 0 Å². The predicted molar refractivity (Wildman–Crippen MR) is 123 cm³/mol. The molecule has 4 heteroatoms. The quantitative estimate of drug-likeness (QED) is 0.478. The lowest BCUT2D eigenvalue weighted by atomic mass is 10.0. The van der Waals surface area contributed by atoms with Crippen LogP contribution < -0.4 is 9.47 Å². The summed E-state index contributed by atoms with van der Waals surface area (Å²) in [5.41, 5.74) is 3.24. The lowest BCUT2D eigenvalue weighted by Crippen LogP contribution is -2.31. The zero-order chi connectivity index (χ0) is 21.6. The number of carbonyl (C=O) groups is 1. The van der Waals surface area contributed by atoms with Crippen LogP contribution in [0.3, 0.4) is 0 Å². The monoisotopic (exact) mass is 413 g/mol. The highest BCUT2D eigenvalue weighted by Gasteiger charge is 2.37. The molecule has 4 nitrogen and oxygen atoms in total. The van der Waals surface area contributed by atoms with E-state index in [1.54, 1.807) is 20.3 Å². The molecule has 0 bridgehead atoms. The summed E-state index contributed by atoms with van der Waals surface area (Å²) in [5, 5.41) is 0. The Kier molecular flexibility index (Phi) is 6.37. The van der Waals surface area contributed by atoms with Gasteiger partial charge < -0.3 is 14.4 Å². The number of hydrogen-bond donors (Lipinski definition) is 0. The van der Waals surface area contributed by atoms with Gasteiger partial charge in [0.15, 0.2) is 11.5 Å². The third-order valence-corrected chi connectivity index (χ3v) is 5.83. The average Bonchev–Trinajstić information content (AvgIpc) is 3.29. The van der Waals surface area contributed by atoms with Gasteiger partial charge in [-0.1, -0.05) is 66.7 Å². The van der Waals surface area contributed by atoms with Crippen LogP contribution in [0.2, 0.25) is 0 Å². The Hall–Kier alpha value is -3.53. The minimum atomic E-state index is 0.00925. The van der Waals surface area contributed by atoms with Gasteiger partial charge in [0.25, 0.3) is 0 Å². The molecule has 0 saturated carbocycles.